The van der Waals surface area contributed by atoms with Crippen molar-refractivity contribution in [1.29, 1.82) is 0 Å². The molecule has 1 aliphatic rings. The van der Waals surface area contributed by atoms with Crippen molar-refractivity contribution in [2.45, 2.75) is 26.1 Å². The molecule has 1 aromatic carbocycles. The lowest BCUT2D eigenvalue weighted by atomic mass is 10.2. The lowest BCUT2D eigenvalue weighted by molar-refractivity contribution is -0.0699. The van der Waals surface area contributed by atoms with E-state index in [0.717, 1.165) is 31.1 Å². The summed E-state index contributed by atoms with van der Waals surface area (Å²) in [4.78, 5) is 2.39. The van der Waals surface area contributed by atoms with Crippen molar-refractivity contribution in [2.24, 2.45) is 0 Å². The number of rotatable bonds is 5. The smallest absolute Gasteiger partial charge is 0.119 e. The standard InChI is InChI=1S/C15H23NO3/c1-12-10-16(11-13(2)19-12)8-9-18-15-6-4-14(17-3)5-7-15/h4-7,12-13H,8-11H2,1-3H3/t12-,13-/m0/s1. The molecular weight excluding hydrogens is 242 g/mol. The Morgan fingerprint density at radius 2 is 1.68 bits per heavy atom. The molecule has 0 N–H and O–H groups in total. The Labute approximate surface area is 115 Å². The normalized spacial score (nSPS) is 24.2. The molecule has 0 aromatic heterocycles. The molecule has 0 spiro atoms. The molecule has 0 unspecified atom stereocenters. The largest absolute Gasteiger partial charge is 0.497 e. The van der Waals surface area contributed by atoms with Crippen molar-refractivity contribution >= 4 is 0 Å². The van der Waals surface area contributed by atoms with E-state index in [1.165, 1.54) is 0 Å². The van der Waals surface area contributed by atoms with Crippen LogP contribution in [0.5, 0.6) is 11.5 Å². The molecule has 19 heavy (non-hydrogen) atoms. The summed E-state index contributed by atoms with van der Waals surface area (Å²) in [5, 5.41) is 0. The van der Waals surface area contributed by atoms with Gasteiger partial charge in [-0.15, -0.1) is 0 Å². The van der Waals surface area contributed by atoms with Crippen LogP contribution in [0.25, 0.3) is 0 Å². The zero-order valence-electron chi connectivity index (χ0n) is 12.0. The third-order valence-corrected chi connectivity index (χ3v) is 3.23. The fourth-order valence-corrected chi connectivity index (χ4v) is 2.43. The first-order valence-corrected chi connectivity index (χ1v) is 6.82. The second-order valence-electron chi connectivity index (χ2n) is 5.04. The van der Waals surface area contributed by atoms with Gasteiger partial charge >= 0.3 is 0 Å². The topological polar surface area (TPSA) is 30.9 Å². The molecule has 1 fully saturated rings. The van der Waals surface area contributed by atoms with Gasteiger partial charge in [0.2, 0.25) is 0 Å². The van der Waals surface area contributed by atoms with Crippen LogP contribution < -0.4 is 9.47 Å². The summed E-state index contributed by atoms with van der Waals surface area (Å²) in [6, 6.07) is 7.69. The third kappa shape index (κ3) is 4.40. The maximum Gasteiger partial charge on any atom is 0.119 e. The summed E-state index contributed by atoms with van der Waals surface area (Å²) < 4.78 is 16.6. The molecule has 2 rings (SSSR count). The summed E-state index contributed by atoms with van der Waals surface area (Å²) in [6.45, 7) is 7.84. The van der Waals surface area contributed by atoms with Gasteiger partial charge in [0.25, 0.3) is 0 Å². The number of hydrogen-bond acceptors (Lipinski definition) is 4. The van der Waals surface area contributed by atoms with E-state index in [-0.39, 0.29) is 0 Å². The zero-order valence-corrected chi connectivity index (χ0v) is 12.0. The predicted octanol–water partition coefficient (Wildman–Crippen LogP) is 2.18. The molecule has 1 aromatic rings. The van der Waals surface area contributed by atoms with Crippen LogP contribution in [0.1, 0.15) is 13.8 Å². The minimum Gasteiger partial charge on any atom is -0.497 e. The third-order valence-electron chi connectivity index (χ3n) is 3.23. The molecule has 2 atom stereocenters. The van der Waals surface area contributed by atoms with Gasteiger partial charge in [0.05, 0.1) is 19.3 Å². The fourth-order valence-electron chi connectivity index (χ4n) is 2.43. The van der Waals surface area contributed by atoms with Gasteiger partial charge in [-0.1, -0.05) is 0 Å². The van der Waals surface area contributed by atoms with Crippen LogP contribution >= 0.6 is 0 Å². The Morgan fingerprint density at radius 1 is 1.11 bits per heavy atom. The summed E-state index contributed by atoms with van der Waals surface area (Å²) >= 11 is 0. The minimum atomic E-state index is 0.310. The highest BCUT2D eigenvalue weighted by molar-refractivity contribution is 5.31. The van der Waals surface area contributed by atoms with Crippen molar-refractivity contribution in [3.05, 3.63) is 24.3 Å². The van der Waals surface area contributed by atoms with Crippen molar-refractivity contribution < 1.29 is 14.2 Å². The Bertz CT molecular complexity index is 369. The first-order valence-electron chi connectivity index (χ1n) is 6.82. The molecule has 0 bridgehead atoms. The van der Waals surface area contributed by atoms with E-state index in [0.29, 0.717) is 18.8 Å². The van der Waals surface area contributed by atoms with Crippen molar-refractivity contribution in [1.82, 2.24) is 4.90 Å². The number of nitrogens with zero attached hydrogens (tertiary/aromatic N) is 1. The summed E-state index contributed by atoms with van der Waals surface area (Å²) in [5.74, 6) is 1.73. The van der Waals surface area contributed by atoms with Crippen LogP contribution in [0.4, 0.5) is 0 Å². The zero-order chi connectivity index (χ0) is 13.7. The summed E-state index contributed by atoms with van der Waals surface area (Å²) in [7, 11) is 1.66. The van der Waals surface area contributed by atoms with E-state index < -0.39 is 0 Å². The summed E-state index contributed by atoms with van der Waals surface area (Å²) in [6.07, 6.45) is 0.620. The van der Waals surface area contributed by atoms with Crippen LogP contribution in [0, 0.1) is 0 Å². The molecule has 0 amide bonds. The average Bonchev–Trinajstić information content (AvgIpc) is 2.38. The number of methoxy groups -OCH3 is 1. The van der Waals surface area contributed by atoms with E-state index in [2.05, 4.69) is 18.7 Å². The molecule has 1 aliphatic heterocycles. The molecular formula is C15H23NO3. The van der Waals surface area contributed by atoms with Gasteiger partial charge in [0.15, 0.2) is 0 Å². The molecule has 106 valence electrons. The Balaban J connectivity index is 1.73. The van der Waals surface area contributed by atoms with Gasteiger partial charge < -0.3 is 14.2 Å². The second kappa shape index (κ2) is 6.78. The quantitative estimate of drug-likeness (QED) is 0.816. The molecule has 1 saturated heterocycles. The van der Waals surface area contributed by atoms with Gasteiger partial charge in [-0.05, 0) is 38.1 Å². The lowest BCUT2D eigenvalue weighted by Gasteiger charge is -2.35. The molecule has 0 radical (unpaired) electrons. The van der Waals surface area contributed by atoms with Crippen molar-refractivity contribution in [2.75, 3.05) is 33.4 Å². The van der Waals surface area contributed by atoms with Gasteiger partial charge in [0, 0.05) is 19.6 Å². The van der Waals surface area contributed by atoms with Gasteiger partial charge in [-0.3, -0.25) is 4.90 Å². The number of hydrogen-bond donors (Lipinski definition) is 0. The molecule has 0 saturated carbocycles. The van der Waals surface area contributed by atoms with E-state index in [9.17, 15) is 0 Å². The van der Waals surface area contributed by atoms with Crippen LogP contribution in [-0.4, -0.2) is 50.5 Å². The van der Waals surface area contributed by atoms with Crippen molar-refractivity contribution in [3.8, 4) is 11.5 Å². The van der Waals surface area contributed by atoms with Crippen LogP contribution in [0.15, 0.2) is 24.3 Å². The Hall–Kier alpha value is -1.26. The van der Waals surface area contributed by atoms with Crippen LogP contribution in [0.2, 0.25) is 0 Å². The van der Waals surface area contributed by atoms with E-state index in [1.807, 2.05) is 24.3 Å². The van der Waals surface area contributed by atoms with E-state index in [1.54, 1.807) is 7.11 Å². The average molecular weight is 265 g/mol. The molecule has 0 aliphatic carbocycles. The minimum absolute atomic E-state index is 0.310. The number of ether oxygens (including phenoxy) is 3. The number of benzene rings is 1. The maximum absolute atomic E-state index is 5.74. The highest BCUT2D eigenvalue weighted by Gasteiger charge is 2.21. The predicted molar refractivity (Wildman–Crippen MR) is 74.9 cm³/mol. The van der Waals surface area contributed by atoms with Crippen LogP contribution in [0.3, 0.4) is 0 Å². The summed E-state index contributed by atoms with van der Waals surface area (Å²) in [5.41, 5.74) is 0. The monoisotopic (exact) mass is 265 g/mol. The highest BCUT2D eigenvalue weighted by atomic mass is 16.5. The van der Waals surface area contributed by atoms with Crippen molar-refractivity contribution in [3.63, 3.8) is 0 Å². The second-order valence-corrected chi connectivity index (χ2v) is 5.04. The Morgan fingerprint density at radius 3 is 2.26 bits per heavy atom. The van der Waals surface area contributed by atoms with Gasteiger partial charge in [-0.2, -0.15) is 0 Å². The Kier molecular flexibility index (Phi) is 5.05. The van der Waals surface area contributed by atoms with Gasteiger partial charge in [0.1, 0.15) is 18.1 Å². The number of morpholine rings is 1. The first kappa shape index (κ1) is 14.2. The first-order chi connectivity index (χ1) is 9.17. The van der Waals surface area contributed by atoms with E-state index >= 15 is 0 Å². The fraction of sp³-hybridized carbons (Fsp3) is 0.600. The van der Waals surface area contributed by atoms with Crippen LogP contribution in [-0.2, 0) is 4.74 Å². The maximum atomic E-state index is 5.74. The molecule has 4 nitrogen and oxygen atoms in total. The highest BCUT2D eigenvalue weighted by Crippen LogP contribution is 2.17. The SMILES string of the molecule is COc1ccc(OCCN2C[C@H](C)O[C@@H](C)C2)cc1. The molecule has 4 heteroatoms. The van der Waals surface area contributed by atoms with E-state index in [4.69, 9.17) is 14.2 Å². The molecule has 1 heterocycles. The lowest BCUT2D eigenvalue weighted by Crippen LogP contribution is -2.46. The van der Waals surface area contributed by atoms with Gasteiger partial charge in [-0.25, -0.2) is 0 Å².